The average Bonchev–Trinajstić information content (AvgIpc) is 2.30. The molecule has 0 radical (unpaired) electrons. The van der Waals surface area contributed by atoms with Crippen molar-refractivity contribution < 1.29 is 8.78 Å². The van der Waals surface area contributed by atoms with Gasteiger partial charge in [0.2, 0.25) is 0 Å². The van der Waals surface area contributed by atoms with Crippen molar-refractivity contribution in [2.24, 2.45) is 0 Å². The molecule has 0 aliphatic heterocycles. The Labute approximate surface area is 106 Å². The Kier molecular flexibility index (Phi) is 7.01. The highest BCUT2D eigenvalue weighted by Gasteiger charge is 2.08. The van der Waals surface area contributed by atoms with Crippen molar-refractivity contribution in [3.63, 3.8) is 0 Å². The molecule has 0 aromatic heterocycles. The Morgan fingerprint density at radius 2 is 1.94 bits per heavy atom. The maximum atomic E-state index is 12.3. The molecule has 0 spiro atoms. The minimum Gasteiger partial charge on any atom is -0.384 e. The van der Waals surface area contributed by atoms with Gasteiger partial charge in [-0.25, -0.2) is 0 Å². The van der Waals surface area contributed by atoms with Crippen LogP contribution in [-0.4, -0.2) is 12.3 Å². The van der Waals surface area contributed by atoms with E-state index in [1.54, 1.807) is 12.1 Å². The minimum absolute atomic E-state index is 0.598. The van der Waals surface area contributed by atoms with Gasteiger partial charge in [-0.2, -0.15) is 8.78 Å². The topological polar surface area (TPSA) is 12.0 Å². The van der Waals surface area contributed by atoms with E-state index in [9.17, 15) is 8.78 Å². The number of unbranched alkanes of at least 4 members (excludes halogenated alkanes) is 3. The number of halogens is 2. The molecule has 0 aliphatic rings. The van der Waals surface area contributed by atoms with Gasteiger partial charge in [-0.15, -0.1) is 0 Å². The third-order valence-corrected chi connectivity index (χ3v) is 3.24. The normalized spacial score (nSPS) is 10.8. The summed E-state index contributed by atoms with van der Waals surface area (Å²) in [5.41, 5.74) is 0.814. The molecule has 96 valence electrons. The number of thioether (sulfide) groups is 1. The molecule has 1 N–H and O–H groups in total. The van der Waals surface area contributed by atoms with Gasteiger partial charge in [-0.3, -0.25) is 0 Å². The van der Waals surface area contributed by atoms with Crippen LogP contribution in [0.2, 0.25) is 0 Å². The van der Waals surface area contributed by atoms with Crippen LogP contribution in [0.5, 0.6) is 0 Å². The molecule has 0 heterocycles. The van der Waals surface area contributed by atoms with Crippen LogP contribution in [0.25, 0.3) is 0 Å². The second-order valence-corrected chi connectivity index (χ2v) is 4.89. The molecular weight excluding hydrogens is 240 g/mol. The van der Waals surface area contributed by atoms with Gasteiger partial charge in [0.15, 0.2) is 0 Å². The molecule has 0 unspecified atom stereocenters. The van der Waals surface area contributed by atoms with Gasteiger partial charge in [-0.1, -0.05) is 50.1 Å². The molecule has 1 nitrogen and oxygen atoms in total. The van der Waals surface area contributed by atoms with E-state index in [0.717, 1.165) is 18.7 Å². The van der Waals surface area contributed by atoms with Crippen LogP contribution in [0.4, 0.5) is 14.5 Å². The first-order valence-electron chi connectivity index (χ1n) is 6.01. The zero-order valence-corrected chi connectivity index (χ0v) is 10.9. The molecule has 1 rings (SSSR count). The Bertz CT molecular complexity index is 318. The third kappa shape index (κ3) is 5.91. The highest BCUT2D eigenvalue weighted by molar-refractivity contribution is 7.99. The van der Waals surface area contributed by atoms with Crippen molar-refractivity contribution in [1.82, 2.24) is 0 Å². The first kappa shape index (κ1) is 14.3. The molecular formula is C13H19F2NS. The molecule has 0 saturated heterocycles. The Hall–Kier alpha value is -0.770. The molecule has 0 aliphatic carbocycles. The van der Waals surface area contributed by atoms with E-state index < -0.39 is 5.76 Å². The fourth-order valence-electron chi connectivity index (χ4n) is 1.59. The zero-order valence-electron chi connectivity index (χ0n) is 10.1. The van der Waals surface area contributed by atoms with Gasteiger partial charge in [0.25, 0.3) is 5.76 Å². The van der Waals surface area contributed by atoms with E-state index in [0.29, 0.717) is 16.7 Å². The van der Waals surface area contributed by atoms with Gasteiger partial charge in [0.05, 0.1) is 0 Å². The number of alkyl halides is 2. The van der Waals surface area contributed by atoms with E-state index in [1.807, 2.05) is 12.1 Å². The van der Waals surface area contributed by atoms with Crippen LogP contribution >= 0.6 is 11.8 Å². The summed E-state index contributed by atoms with van der Waals surface area (Å²) < 4.78 is 24.6. The molecule has 0 bridgehead atoms. The van der Waals surface area contributed by atoms with E-state index in [2.05, 4.69) is 12.2 Å². The summed E-state index contributed by atoms with van der Waals surface area (Å²) >= 11 is 0.598. The summed E-state index contributed by atoms with van der Waals surface area (Å²) in [7, 11) is 0. The lowest BCUT2D eigenvalue weighted by atomic mass is 10.2. The smallest absolute Gasteiger partial charge is 0.288 e. The summed E-state index contributed by atoms with van der Waals surface area (Å²) in [6.07, 6.45) is 4.71. The van der Waals surface area contributed by atoms with Crippen LogP contribution < -0.4 is 5.32 Å². The predicted octanol–water partition coefficient (Wildman–Crippen LogP) is 4.99. The van der Waals surface area contributed by atoms with Crippen LogP contribution in [0.3, 0.4) is 0 Å². The summed E-state index contributed by atoms with van der Waals surface area (Å²) in [6, 6.07) is 7.23. The molecule has 0 atom stereocenters. The summed E-state index contributed by atoms with van der Waals surface area (Å²) in [5.74, 6) is -2.36. The lowest BCUT2D eigenvalue weighted by molar-refractivity contribution is 0.252. The van der Waals surface area contributed by atoms with Gasteiger partial charge >= 0.3 is 0 Å². The zero-order chi connectivity index (χ0) is 12.5. The van der Waals surface area contributed by atoms with Crippen LogP contribution in [-0.2, 0) is 0 Å². The molecule has 1 aromatic carbocycles. The maximum absolute atomic E-state index is 12.3. The largest absolute Gasteiger partial charge is 0.384 e. The number of para-hydroxylation sites is 1. The van der Waals surface area contributed by atoms with Crippen molar-refractivity contribution in [2.45, 2.75) is 43.3 Å². The lowest BCUT2D eigenvalue weighted by Crippen LogP contribution is -2.02. The van der Waals surface area contributed by atoms with Gasteiger partial charge in [-0.05, 0) is 18.6 Å². The molecule has 1 aromatic rings. The Morgan fingerprint density at radius 1 is 1.18 bits per heavy atom. The second-order valence-electron chi connectivity index (χ2n) is 3.86. The molecule has 17 heavy (non-hydrogen) atoms. The number of hydrogen-bond acceptors (Lipinski definition) is 2. The molecule has 0 amide bonds. The Morgan fingerprint density at radius 3 is 2.65 bits per heavy atom. The molecule has 0 saturated carbocycles. The number of anilines is 1. The van der Waals surface area contributed by atoms with E-state index in [-0.39, 0.29) is 0 Å². The monoisotopic (exact) mass is 259 g/mol. The summed E-state index contributed by atoms with van der Waals surface area (Å²) in [5, 5.41) is 3.22. The minimum atomic E-state index is -2.36. The average molecular weight is 259 g/mol. The molecule has 0 fully saturated rings. The van der Waals surface area contributed by atoms with Gasteiger partial charge < -0.3 is 5.32 Å². The number of benzene rings is 1. The SMILES string of the molecule is CCCCCCNc1ccccc1SC(F)F. The lowest BCUT2D eigenvalue weighted by Gasteiger charge is -2.11. The van der Waals surface area contributed by atoms with Crippen molar-refractivity contribution in [3.8, 4) is 0 Å². The first-order valence-corrected chi connectivity index (χ1v) is 6.89. The number of hydrogen-bond donors (Lipinski definition) is 1. The summed E-state index contributed by atoms with van der Waals surface area (Å²) in [6.45, 7) is 3.02. The van der Waals surface area contributed by atoms with Crippen molar-refractivity contribution >= 4 is 17.4 Å². The third-order valence-electron chi connectivity index (χ3n) is 2.45. The summed E-state index contributed by atoms with van der Waals surface area (Å²) in [4.78, 5) is 0.623. The standard InChI is InChI=1S/C13H19F2NS/c1-2-3-4-7-10-16-11-8-5-6-9-12(11)17-13(14)15/h5-6,8-9,13,16H,2-4,7,10H2,1H3. The van der Waals surface area contributed by atoms with Gasteiger partial charge in [0, 0.05) is 17.1 Å². The fourth-order valence-corrected chi connectivity index (χ4v) is 2.20. The van der Waals surface area contributed by atoms with Crippen molar-refractivity contribution in [3.05, 3.63) is 24.3 Å². The van der Waals surface area contributed by atoms with Crippen LogP contribution in [0, 0.1) is 0 Å². The first-order chi connectivity index (χ1) is 8.24. The quantitative estimate of drug-likeness (QED) is 0.521. The van der Waals surface area contributed by atoms with E-state index in [1.165, 1.54) is 19.3 Å². The predicted molar refractivity (Wildman–Crippen MR) is 70.9 cm³/mol. The van der Waals surface area contributed by atoms with E-state index >= 15 is 0 Å². The number of nitrogens with one attached hydrogen (secondary N) is 1. The maximum Gasteiger partial charge on any atom is 0.288 e. The number of rotatable bonds is 8. The second kappa shape index (κ2) is 8.34. The van der Waals surface area contributed by atoms with Crippen LogP contribution in [0.1, 0.15) is 32.6 Å². The van der Waals surface area contributed by atoms with Crippen molar-refractivity contribution in [1.29, 1.82) is 0 Å². The van der Waals surface area contributed by atoms with Gasteiger partial charge in [0.1, 0.15) is 0 Å². The highest BCUT2D eigenvalue weighted by Crippen LogP contribution is 2.31. The Balaban J connectivity index is 2.40. The van der Waals surface area contributed by atoms with Crippen LogP contribution in [0.15, 0.2) is 29.2 Å². The van der Waals surface area contributed by atoms with Crippen molar-refractivity contribution in [2.75, 3.05) is 11.9 Å². The van der Waals surface area contributed by atoms with E-state index in [4.69, 9.17) is 0 Å². The fraction of sp³-hybridized carbons (Fsp3) is 0.538. The highest BCUT2D eigenvalue weighted by atomic mass is 32.2. The molecule has 4 heteroatoms.